The van der Waals surface area contributed by atoms with E-state index in [-0.39, 0.29) is 5.56 Å². The van der Waals surface area contributed by atoms with Crippen molar-refractivity contribution < 1.29 is 0 Å². The van der Waals surface area contributed by atoms with Gasteiger partial charge >= 0.3 is 0 Å². The van der Waals surface area contributed by atoms with Gasteiger partial charge < -0.3 is 0 Å². The predicted octanol–water partition coefficient (Wildman–Crippen LogP) is 3.62. The van der Waals surface area contributed by atoms with Gasteiger partial charge in [-0.3, -0.25) is 13.8 Å². The topological polar surface area (TPSA) is 76.0 Å². The molecule has 0 saturated carbocycles. The highest BCUT2D eigenvalue weighted by Crippen LogP contribution is 2.25. The molecule has 0 fully saturated rings. The third-order valence-corrected chi connectivity index (χ3v) is 5.35. The molecule has 0 aliphatic carbocycles. The summed E-state index contributed by atoms with van der Waals surface area (Å²) in [5, 5.41) is 19.1. The number of nitriles is 1. The number of aromatic nitrogens is 4. The molecule has 27 heavy (non-hydrogen) atoms. The Labute approximate surface area is 160 Å². The van der Waals surface area contributed by atoms with Gasteiger partial charge in [-0.2, -0.15) is 5.26 Å². The summed E-state index contributed by atoms with van der Waals surface area (Å²) in [6.07, 6.45) is 0.837. The Hall–Kier alpha value is -3.11. The van der Waals surface area contributed by atoms with E-state index < -0.39 is 0 Å². The van der Waals surface area contributed by atoms with E-state index in [1.807, 2.05) is 53.8 Å². The lowest BCUT2D eigenvalue weighted by molar-refractivity contribution is 0.662. The quantitative estimate of drug-likeness (QED) is 0.498. The van der Waals surface area contributed by atoms with Crippen LogP contribution in [0.3, 0.4) is 0 Å². The van der Waals surface area contributed by atoms with Crippen LogP contribution in [-0.2, 0) is 12.3 Å². The second-order valence-corrected chi connectivity index (χ2v) is 7.14. The molecule has 134 valence electrons. The average molecular weight is 375 g/mol. The van der Waals surface area contributed by atoms with Crippen molar-refractivity contribution in [2.45, 2.75) is 30.8 Å². The molecular weight excluding hydrogens is 358 g/mol. The van der Waals surface area contributed by atoms with Crippen molar-refractivity contribution in [2.24, 2.45) is 0 Å². The molecule has 2 aromatic carbocycles. The normalized spacial score (nSPS) is 11.1. The Kier molecular flexibility index (Phi) is 4.65. The van der Waals surface area contributed by atoms with Crippen LogP contribution in [0.5, 0.6) is 0 Å². The fourth-order valence-electron chi connectivity index (χ4n) is 3.13. The maximum absolute atomic E-state index is 12.8. The third kappa shape index (κ3) is 3.09. The number of benzene rings is 2. The van der Waals surface area contributed by atoms with Gasteiger partial charge in [0.2, 0.25) is 5.78 Å². The molecule has 0 saturated heterocycles. The van der Waals surface area contributed by atoms with Crippen LogP contribution in [0.2, 0.25) is 0 Å². The first kappa shape index (κ1) is 17.3. The number of hydrogen-bond donors (Lipinski definition) is 0. The minimum atomic E-state index is -0.0365. The van der Waals surface area contributed by atoms with Gasteiger partial charge in [0.15, 0.2) is 5.16 Å². The summed E-state index contributed by atoms with van der Waals surface area (Å²) in [5.41, 5.74) is 2.46. The highest BCUT2D eigenvalue weighted by Gasteiger charge is 2.16. The summed E-state index contributed by atoms with van der Waals surface area (Å²) < 4.78 is 3.64. The van der Waals surface area contributed by atoms with Crippen LogP contribution in [0.15, 0.2) is 58.5 Å². The molecule has 0 unspecified atom stereocenters. The summed E-state index contributed by atoms with van der Waals surface area (Å²) in [7, 11) is 0. The van der Waals surface area contributed by atoms with E-state index >= 15 is 0 Å². The van der Waals surface area contributed by atoms with E-state index in [0.29, 0.717) is 29.0 Å². The molecule has 0 N–H and O–H groups in total. The van der Waals surface area contributed by atoms with Crippen molar-refractivity contribution in [3.8, 4) is 6.07 Å². The average Bonchev–Trinajstić information content (AvgIpc) is 3.13. The maximum atomic E-state index is 12.8. The van der Waals surface area contributed by atoms with Crippen LogP contribution in [0.1, 0.15) is 24.5 Å². The molecule has 0 amide bonds. The second-order valence-electron chi connectivity index (χ2n) is 6.19. The molecule has 2 heterocycles. The fraction of sp³-hybridized carbons (Fsp3) is 0.200. The number of fused-ring (bicyclic) bond motifs is 3. The molecule has 4 rings (SSSR count). The first-order valence-corrected chi connectivity index (χ1v) is 9.70. The Morgan fingerprint density at radius 1 is 1.15 bits per heavy atom. The molecule has 6 nitrogen and oxygen atoms in total. The van der Waals surface area contributed by atoms with Crippen LogP contribution >= 0.6 is 11.8 Å². The summed E-state index contributed by atoms with van der Waals surface area (Å²) in [5.74, 6) is 1.23. The standard InChI is InChI=1S/C20H17N5OS/c1-2-10-24-18(26)16-8-3-4-9-17(16)25-19(24)22-23-20(25)27-13-15-7-5-6-14(11-15)12-21/h3-9,11H,2,10,13H2,1H3. The maximum Gasteiger partial charge on any atom is 0.262 e. The van der Waals surface area contributed by atoms with Crippen molar-refractivity contribution in [2.75, 3.05) is 0 Å². The van der Waals surface area contributed by atoms with Crippen molar-refractivity contribution in [3.63, 3.8) is 0 Å². The van der Waals surface area contributed by atoms with Gasteiger partial charge in [-0.05, 0) is 36.2 Å². The van der Waals surface area contributed by atoms with Crippen molar-refractivity contribution in [3.05, 3.63) is 70.0 Å². The lowest BCUT2D eigenvalue weighted by atomic mass is 10.2. The van der Waals surface area contributed by atoms with Gasteiger partial charge in [-0.15, -0.1) is 10.2 Å². The zero-order valence-corrected chi connectivity index (χ0v) is 15.6. The highest BCUT2D eigenvalue weighted by molar-refractivity contribution is 7.98. The number of aryl methyl sites for hydroxylation is 1. The molecule has 2 aromatic heterocycles. The lowest BCUT2D eigenvalue weighted by Gasteiger charge is -2.10. The summed E-state index contributed by atoms with van der Waals surface area (Å²) in [6.45, 7) is 2.63. The summed E-state index contributed by atoms with van der Waals surface area (Å²) >= 11 is 1.54. The Bertz CT molecular complexity index is 1230. The van der Waals surface area contributed by atoms with Crippen LogP contribution < -0.4 is 5.56 Å². The molecule has 4 aromatic rings. The van der Waals surface area contributed by atoms with Crippen LogP contribution in [0, 0.1) is 11.3 Å². The van der Waals surface area contributed by atoms with E-state index in [1.54, 1.807) is 22.4 Å². The minimum absolute atomic E-state index is 0.0365. The molecule has 0 atom stereocenters. The van der Waals surface area contributed by atoms with E-state index in [2.05, 4.69) is 16.3 Å². The first-order chi connectivity index (χ1) is 13.2. The molecule has 0 spiro atoms. The molecule has 0 aliphatic heterocycles. The second kappa shape index (κ2) is 7.25. The van der Waals surface area contributed by atoms with Gasteiger partial charge in [0.25, 0.3) is 5.56 Å². The lowest BCUT2D eigenvalue weighted by Crippen LogP contribution is -2.23. The van der Waals surface area contributed by atoms with Gasteiger partial charge in [0.1, 0.15) is 0 Å². The van der Waals surface area contributed by atoms with Crippen molar-refractivity contribution in [1.82, 2.24) is 19.2 Å². The van der Waals surface area contributed by atoms with Crippen LogP contribution in [0.4, 0.5) is 0 Å². The largest absolute Gasteiger partial charge is 0.276 e. The van der Waals surface area contributed by atoms with E-state index in [1.165, 1.54) is 0 Å². The number of rotatable bonds is 5. The minimum Gasteiger partial charge on any atom is -0.276 e. The van der Waals surface area contributed by atoms with Gasteiger partial charge in [-0.25, -0.2) is 0 Å². The number of hydrogen-bond acceptors (Lipinski definition) is 5. The molecule has 0 bridgehead atoms. The summed E-state index contributed by atoms with van der Waals surface area (Å²) in [6, 6.07) is 17.2. The van der Waals surface area contributed by atoms with Crippen LogP contribution in [-0.4, -0.2) is 19.2 Å². The SMILES string of the molecule is CCCn1c(=O)c2ccccc2n2c(SCc3cccc(C#N)c3)nnc12. The van der Waals surface area contributed by atoms with Gasteiger partial charge in [0, 0.05) is 12.3 Å². The number of nitrogens with zero attached hydrogens (tertiary/aromatic N) is 5. The van der Waals surface area contributed by atoms with E-state index in [0.717, 1.165) is 22.7 Å². The van der Waals surface area contributed by atoms with Crippen LogP contribution in [0.25, 0.3) is 16.7 Å². The number of thioether (sulfide) groups is 1. The Morgan fingerprint density at radius 3 is 2.81 bits per heavy atom. The molecule has 0 aliphatic rings. The number of para-hydroxylation sites is 1. The summed E-state index contributed by atoms with van der Waals surface area (Å²) in [4.78, 5) is 12.8. The van der Waals surface area contributed by atoms with Crippen molar-refractivity contribution >= 4 is 28.4 Å². The van der Waals surface area contributed by atoms with Gasteiger partial charge in [0.05, 0.1) is 22.5 Å². The fourth-order valence-corrected chi connectivity index (χ4v) is 4.01. The van der Waals surface area contributed by atoms with Gasteiger partial charge in [-0.1, -0.05) is 43.0 Å². The van der Waals surface area contributed by atoms with E-state index in [4.69, 9.17) is 5.26 Å². The van der Waals surface area contributed by atoms with Crippen molar-refractivity contribution in [1.29, 1.82) is 5.26 Å². The highest BCUT2D eigenvalue weighted by atomic mass is 32.2. The zero-order chi connectivity index (χ0) is 18.8. The smallest absolute Gasteiger partial charge is 0.262 e. The molecule has 0 radical (unpaired) electrons. The monoisotopic (exact) mass is 375 g/mol. The predicted molar refractivity (Wildman–Crippen MR) is 106 cm³/mol. The molecular formula is C20H17N5OS. The third-order valence-electron chi connectivity index (χ3n) is 4.35. The van der Waals surface area contributed by atoms with E-state index in [9.17, 15) is 4.79 Å². The Morgan fingerprint density at radius 2 is 2.00 bits per heavy atom. The first-order valence-electron chi connectivity index (χ1n) is 8.71. The Balaban J connectivity index is 1.82. The molecule has 7 heteroatoms. The zero-order valence-electron chi connectivity index (χ0n) is 14.8.